The Kier molecular flexibility index (Phi) is 8.55. The first-order valence-electron chi connectivity index (χ1n) is 12.2. The van der Waals surface area contributed by atoms with Crippen molar-refractivity contribution in [3.05, 3.63) is 70.9 Å². The van der Waals surface area contributed by atoms with Gasteiger partial charge in [-0.1, -0.05) is 39.8 Å². The largest absolute Gasteiger partial charge is 0.478 e. The van der Waals surface area contributed by atoms with Crippen LogP contribution in [0.5, 0.6) is 0 Å². The minimum absolute atomic E-state index is 0.0415. The highest BCUT2D eigenvalue weighted by atomic mass is 16.6. The van der Waals surface area contributed by atoms with Crippen molar-refractivity contribution in [3.8, 4) is 0 Å². The third-order valence-electron chi connectivity index (χ3n) is 7.34. The van der Waals surface area contributed by atoms with Crippen molar-refractivity contribution >= 4 is 23.5 Å². The topological polar surface area (TPSA) is 118 Å². The van der Waals surface area contributed by atoms with E-state index >= 15 is 0 Å². The second-order valence-electron chi connectivity index (χ2n) is 11.4. The molecule has 0 aromatic heterocycles. The Hall–Kier alpha value is -3.32. The Morgan fingerprint density at radius 1 is 0.838 bits per heavy atom. The number of aliphatic hydroxyl groups is 1. The van der Waals surface area contributed by atoms with Gasteiger partial charge in [0.2, 0.25) is 0 Å². The molecule has 2 unspecified atom stereocenters. The van der Waals surface area contributed by atoms with Crippen LogP contribution in [0.25, 0.3) is 0 Å². The van der Waals surface area contributed by atoms with Gasteiger partial charge in [-0.05, 0) is 74.3 Å². The molecule has 0 heterocycles. The van der Waals surface area contributed by atoms with Gasteiger partial charge in [0.05, 0.1) is 0 Å². The number of hydrogen-bond acceptors (Lipinski definition) is 6. The molecule has 0 amide bonds. The number of allylic oxidation sites excluding steroid dienone is 6. The van der Waals surface area contributed by atoms with Crippen LogP contribution in [-0.4, -0.2) is 44.9 Å². The van der Waals surface area contributed by atoms with Crippen molar-refractivity contribution in [2.45, 2.75) is 79.4 Å². The van der Waals surface area contributed by atoms with Gasteiger partial charge in [-0.15, -0.1) is 0 Å². The molecule has 2 aliphatic rings. The number of aliphatic carboxylic acids is 1. The van der Waals surface area contributed by atoms with Crippen LogP contribution in [0, 0.1) is 10.8 Å². The van der Waals surface area contributed by atoms with Crippen LogP contribution in [0.2, 0.25) is 0 Å². The number of rotatable bonds is 7. The molecule has 0 saturated carbocycles. The maximum atomic E-state index is 13.1. The lowest BCUT2D eigenvalue weighted by Crippen LogP contribution is -2.51. The third-order valence-corrected chi connectivity index (χ3v) is 7.34. The van der Waals surface area contributed by atoms with Gasteiger partial charge in [-0.2, -0.15) is 0 Å². The summed E-state index contributed by atoms with van der Waals surface area (Å²) < 4.78 is 6.02. The Balaban J connectivity index is 2.43. The lowest BCUT2D eigenvalue weighted by molar-refractivity contribution is -0.157. The van der Waals surface area contributed by atoms with Crippen LogP contribution in [-0.2, 0) is 23.9 Å². The molecule has 2 rings (SSSR count). The number of ether oxygens (including phenoxy) is 1. The lowest BCUT2D eigenvalue weighted by Gasteiger charge is -2.46. The molecule has 0 aliphatic heterocycles. The first kappa shape index (κ1) is 29.9. The van der Waals surface area contributed by atoms with E-state index in [1.165, 1.54) is 18.2 Å². The third kappa shape index (κ3) is 6.34. The lowest BCUT2D eigenvalue weighted by atomic mass is 9.64. The highest BCUT2D eigenvalue weighted by molar-refractivity contribution is 5.94. The molecular formula is C30H38O7. The molecule has 2 atom stereocenters. The van der Waals surface area contributed by atoms with Gasteiger partial charge >= 0.3 is 11.9 Å². The zero-order valence-electron chi connectivity index (χ0n) is 23.0. The smallest absolute Gasteiger partial charge is 0.332 e. The van der Waals surface area contributed by atoms with Crippen molar-refractivity contribution < 1.29 is 34.1 Å². The van der Waals surface area contributed by atoms with Crippen LogP contribution in [0.1, 0.15) is 68.2 Å². The Labute approximate surface area is 219 Å². The fourth-order valence-electron chi connectivity index (χ4n) is 5.14. The van der Waals surface area contributed by atoms with Crippen LogP contribution in [0.15, 0.2) is 70.9 Å². The standard InChI is InChI=1S/C30H38O7/c1-19(13-25(33)34)10-12-30(22(4)16-24(32)18-28(30,7)8)37-26(35)14-20(2)9-11-29(36)21(3)15-23(31)17-27(29,5)6/h9-16,36H,17-18H2,1-8H3,(H,33,34)/b11-9?,12-10?,19-13-,20-14-. The van der Waals surface area contributed by atoms with E-state index in [2.05, 4.69) is 0 Å². The Bertz CT molecular complexity index is 1190. The summed E-state index contributed by atoms with van der Waals surface area (Å²) in [4.78, 5) is 48.4. The summed E-state index contributed by atoms with van der Waals surface area (Å²) in [6.45, 7) is 14.0. The molecule has 0 aromatic carbocycles. The molecule has 2 N–H and O–H groups in total. The summed E-state index contributed by atoms with van der Waals surface area (Å²) in [5, 5.41) is 20.4. The average Bonchev–Trinajstić information content (AvgIpc) is 2.71. The quantitative estimate of drug-likeness (QED) is 0.282. The zero-order valence-corrected chi connectivity index (χ0v) is 23.0. The fraction of sp³-hybridized carbons (Fsp3) is 0.467. The second kappa shape index (κ2) is 10.6. The number of hydrogen-bond donors (Lipinski definition) is 2. The maximum Gasteiger partial charge on any atom is 0.332 e. The average molecular weight is 511 g/mol. The molecular weight excluding hydrogens is 472 g/mol. The van der Waals surface area contributed by atoms with Crippen LogP contribution < -0.4 is 0 Å². The number of carboxylic acids is 1. The van der Waals surface area contributed by atoms with E-state index in [0.29, 0.717) is 22.3 Å². The van der Waals surface area contributed by atoms with E-state index in [4.69, 9.17) is 9.84 Å². The summed E-state index contributed by atoms with van der Waals surface area (Å²) in [6.07, 6.45) is 12.0. The Morgan fingerprint density at radius 3 is 1.84 bits per heavy atom. The minimum Gasteiger partial charge on any atom is -0.478 e. The first-order chi connectivity index (χ1) is 16.8. The van der Waals surface area contributed by atoms with Gasteiger partial charge in [-0.3, -0.25) is 9.59 Å². The van der Waals surface area contributed by atoms with Crippen LogP contribution >= 0.6 is 0 Å². The predicted molar refractivity (Wildman–Crippen MR) is 142 cm³/mol. The van der Waals surface area contributed by atoms with Gasteiger partial charge in [-0.25, -0.2) is 9.59 Å². The van der Waals surface area contributed by atoms with E-state index in [-0.39, 0.29) is 24.4 Å². The highest BCUT2D eigenvalue weighted by Crippen LogP contribution is 2.47. The molecule has 7 nitrogen and oxygen atoms in total. The van der Waals surface area contributed by atoms with E-state index in [9.17, 15) is 24.3 Å². The molecule has 200 valence electrons. The molecule has 37 heavy (non-hydrogen) atoms. The normalized spacial score (nSPS) is 28.4. The number of carboxylic acid groups (broad SMARTS) is 1. The molecule has 0 fully saturated rings. The van der Waals surface area contributed by atoms with Crippen molar-refractivity contribution in [2.75, 3.05) is 0 Å². The van der Waals surface area contributed by atoms with Gasteiger partial charge in [0.1, 0.15) is 5.60 Å². The summed E-state index contributed by atoms with van der Waals surface area (Å²) in [5.41, 5.74) is -2.13. The monoisotopic (exact) mass is 510 g/mol. The highest BCUT2D eigenvalue weighted by Gasteiger charge is 2.51. The van der Waals surface area contributed by atoms with Crippen molar-refractivity contribution in [2.24, 2.45) is 10.8 Å². The zero-order chi connectivity index (χ0) is 28.4. The van der Waals surface area contributed by atoms with Gasteiger partial charge < -0.3 is 14.9 Å². The van der Waals surface area contributed by atoms with Gasteiger partial charge in [0, 0.05) is 35.8 Å². The van der Waals surface area contributed by atoms with Crippen molar-refractivity contribution in [1.82, 2.24) is 0 Å². The maximum absolute atomic E-state index is 13.1. The molecule has 0 aromatic rings. The summed E-state index contributed by atoms with van der Waals surface area (Å²) >= 11 is 0. The second-order valence-corrected chi connectivity index (χ2v) is 11.4. The SMILES string of the molecule is CC1=CC(=O)CC(C)(C)C1(O)C=C/C(C)=C\C(=O)OC1(C=C/C(C)=C\C(=O)O)C(C)=CC(=O)CC1(C)C. The minimum atomic E-state index is -1.36. The molecule has 0 radical (unpaired) electrons. The van der Waals surface area contributed by atoms with Crippen molar-refractivity contribution in [3.63, 3.8) is 0 Å². The molecule has 2 aliphatic carbocycles. The summed E-state index contributed by atoms with van der Waals surface area (Å²) in [5.74, 6) is -1.87. The fourth-order valence-corrected chi connectivity index (χ4v) is 5.14. The number of carbonyl (C=O) groups is 4. The van der Waals surface area contributed by atoms with Crippen LogP contribution in [0.4, 0.5) is 0 Å². The summed E-state index contributed by atoms with van der Waals surface area (Å²) in [6, 6.07) is 0. The van der Waals surface area contributed by atoms with Crippen LogP contribution in [0.3, 0.4) is 0 Å². The van der Waals surface area contributed by atoms with Gasteiger partial charge in [0.15, 0.2) is 17.2 Å². The molecule has 0 bridgehead atoms. The van der Waals surface area contributed by atoms with E-state index in [1.807, 2.05) is 27.7 Å². The molecule has 0 saturated heterocycles. The number of esters is 1. The van der Waals surface area contributed by atoms with E-state index < -0.39 is 34.0 Å². The summed E-state index contributed by atoms with van der Waals surface area (Å²) in [7, 11) is 0. The van der Waals surface area contributed by atoms with Crippen molar-refractivity contribution in [1.29, 1.82) is 0 Å². The predicted octanol–water partition coefficient (Wildman–Crippen LogP) is 4.98. The number of ketones is 2. The number of carbonyl (C=O) groups excluding carboxylic acids is 3. The van der Waals surface area contributed by atoms with E-state index in [0.717, 1.165) is 6.08 Å². The van der Waals surface area contributed by atoms with E-state index in [1.54, 1.807) is 52.0 Å². The first-order valence-corrected chi connectivity index (χ1v) is 12.2. The Morgan fingerprint density at radius 2 is 1.32 bits per heavy atom. The molecule has 7 heteroatoms. The molecule has 0 spiro atoms. The van der Waals surface area contributed by atoms with Gasteiger partial charge in [0.25, 0.3) is 0 Å².